The van der Waals surface area contributed by atoms with Crippen molar-refractivity contribution in [2.24, 2.45) is 5.16 Å². The fourth-order valence-electron chi connectivity index (χ4n) is 2.00. The van der Waals surface area contributed by atoms with E-state index in [0.29, 0.717) is 11.8 Å². The molecular weight excluding hydrogens is 418 g/mol. The lowest BCUT2D eigenvalue weighted by Gasteiger charge is -2.39. The molecule has 0 unspecified atom stereocenters. The van der Waals surface area contributed by atoms with Crippen LogP contribution in [0.5, 0.6) is 0 Å². The minimum atomic E-state index is -4.91. The van der Waals surface area contributed by atoms with Crippen LogP contribution in [0.1, 0.15) is 12.8 Å². The second kappa shape index (κ2) is 9.61. The van der Waals surface area contributed by atoms with Crippen molar-refractivity contribution in [3.05, 3.63) is 0 Å². The van der Waals surface area contributed by atoms with E-state index in [9.17, 15) is 32.2 Å². The molecule has 0 bridgehead atoms. The van der Waals surface area contributed by atoms with Crippen molar-refractivity contribution in [2.75, 3.05) is 18.6 Å². The van der Waals surface area contributed by atoms with Crippen LogP contribution in [0, 0.1) is 0 Å². The van der Waals surface area contributed by atoms with E-state index in [4.69, 9.17) is 14.4 Å². The number of hydrogen-bond acceptors (Lipinski definition) is 12. The Morgan fingerprint density at radius 1 is 1.15 bits per heavy atom. The molecule has 1 fully saturated rings. The number of aliphatic hydroxyl groups is 4. The quantitative estimate of drug-likeness (QED) is 0.115. The first-order valence-corrected chi connectivity index (χ1v) is 11.5. The number of ether oxygens (including phenoxy) is 1. The number of nitrogens with zero attached hydrogens (tertiary/aromatic N) is 1. The normalized spacial score (nSPS) is 31.0. The van der Waals surface area contributed by atoms with Gasteiger partial charge in [-0.25, -0.2) is 12.7 Å². The van der Waals surface area contributed by atoms with E-state index < -0.39 is 56.7 Å². The Hall–Kier alpha value is -0.520. The van der Waals surface area contributed by atoms with Crippen LogP contribution in [-0.4, -0.2) is 95.3 Å². The fourth-order valence-corrected chi connectivity index (χ4v) is 4.01. The van der Waals surface area contributed by atoms with Crippen molar-refractivity contribution < 1.29 is 50.8 Å². The highest BCUT2D eigenvalue weighted by Crippen LogP contribution is 2.30. The number of hydrogen-bond donors (Lipinski definition) is 5. The Labute approximate surface area is 154 Å². The zero-order valence-corrected chi connectivity index (χ0v) is 16.0. The van der Waals surface area contributed by atoms with Crippen LogP contribution in [-0.2, 0) is 29.3 Å². The first-order chi connectivity index (χ1) is 11.8. The Bertz CT molecular complexity index is 690. The van der Waals surface area contributed by atoms with Gasteiger partial charge in [0, 0.05) is 12.7 Å². The lowest BCUT2D eigenvalue weighted by atomic mass is 10.0. The highest BCUT2D eigenvalue weighted by atomic mass is 32.3. The Morgan fingerprint density at radius 3 is 2.27 bits per heavy atom. The smallest absolute Gasteiger partial charge is 0.394 e. The summed E-state index contributed by atoms with van der Waals surface area (Å²) in [6, 6.07) is 0. The van der Waals surface area contributed by atoms with E-state index in [1.807, 2.05) is 0 Å². The minimum Gasteiger partial charge on any atom is -0.394 e. The van der Waals surface area contributed by atoms with E-state index in [1.54, 1.807) is 0 Å². The van der Waals surface area contributed by atoms with Crippen molar-refractivity contribution >= 4 is 37.0 Å². The van der Waals surface area contributed by atoms with E-state index in [0.717, 1.165) is 6.26 Å². The predicted molar refractivity (Wildman–Crippen MR) is 90.4 cm³/mol. The second-order valence-electron chi connectivity index (χ2n) is 5.54. The topological polar surface area (TPSA) is 200 Å². The summed E-state index contributed by atoms with van der Waals surface area (Å²) >= 11 is 0.590. The summed E-state index contributed by atoms with van der Waals surface area (Å²) < 4.78 is 61.4. The molecule has 5 atom stereocenters. The van der Waals surface area contributed by atoms with E-state index >= 15 is 0 Å². The van der Waals surface area contributed by atoms with Crippen LogP contribution in [0.3, 0.4) is 0 Å². The van der Waals surface area contributed by atoms with Crippen LogP contribution in [0.25, 0.3) is 0 Å². The van der Waals surface area contributed by atoms with Gasteiger partial charge in [0.15, 0.2) is 0 Å². The third-order valence-electron chi connectivity index (χ3n) is 3.24. The van der Waals surface area contributed by atoms with Crippen LogP contribution in [0.2, 0.25) is 0 Å². The van der Waals surface area contributed by atoms with Gasteiger partial charge in [0.05, 0.1) is 12.4 Å². The van der Waals surface area contributed by atoms with Gasteiger partial charge in [0.2, 0.25) is 0 Å². The average molecular weight is 439 g/mol. The lowest BCUT2D eigenvalue weighted by Crippen LogP contribution is -2.57. The molecule has 0 saturated carbocycles. The van der Waals surface area contributed by atoms with Gasteiger partial charge in [-0.1, -0.05) is 16.9 Å². The molecule has 0 aromatic heterocycles. The summed E-state index contributed by atoms with van der Waals surface area (Å²) in [7, 11) is -8.21. The van der Waals surface area contributed by atoms with Gasteiger partial charge >= 0.3 is 10.4 Å². The molecular formula is C11H21NO11S3. The van der Waals surface area contributed by atoms with Gasteiger partial charge in [-0.2, -0.15) is 8.42 Å². The second-order valence-corrected chi connectivity index (χ2v) is 9.97. The van der Waals surface area contributed by atoms with Crippen LogP contribution >= 0.6 is 11.8 Å². The highest BCUT2D eigenvalue weighted by Gasteiger charge is 2.44. The molecule has 1 aliphatic heterocycles. The van der Waals surface area contributed by atoms with Crippen molar-refractivity contribution in [1.82, 2.24) is 0 Å². The fraction of sp³-hybridized carbons (Fsp3) is 0.909. The summed E-state index contributed by atoms with van der Waals surface area (Å²) in [5.41, 5.74) is -1.27. The zero-order chi connectivity index (χ0) is 20.1. The maximum Gasteiger partial charge on any atom is 0.466 e. The molecule has 1 aliphatic rings. The van der Waals surface area contributed by atoms with Gasteiger partial charge < -0.3 is 25.2 Å². The molecule has 0 radical (unpaired) electrons. The molecule has 154 valence electrons. The van der Waals surface area contributed by atoms with Crippen LogP contribution in [0.15, 0.2) is 5.16 Å². The Balaban J connectivity index is 2.88. The molecule has 0 aromatic rings. The SMILES string of the molecule is CS(=O)(=O)CCCC(=NOS(=O)(=O)O)S[C@@H]1O[C@H](CO)[C@@H](O)[C@H](O)[C@H]1O. The largest absolute Gasteiger partial charge is 0.466 e. The summed E-state index contributed by atoms with van der Waals surface area (Å²) in [6.45, 7) is -0.663. The summed E-state index contributed by atoms with van der Waals surface area (Å²) in [5.74, 6) is -0.243. The van der Waals surface area contributed by atoms with Crippen molar-refractivity contribution in [2.45, 2.75) is 42.7 Å². The molecule has 0 amide bonds. The number of aliphatic hydroxyl groups excluding tert-OH is 4. The maximum absolute atomic E-state index is 11.2. The zero-order valence-electron chi connectivity index (χ0n) is 13.6. The average Bonchev–Trinajstić information content (AvgIpc) is 2.50. The summed E-state index contributed by atoms with van der Waals surface area (Å²) in [6.07, 6.45) is -5.12. The number of rotatable bonds is 8. The monoisotopic (exact) mass is 439 g/mol. The highest BCUT2D eigenvalue weighted by molar-refractivity contribution is 8.14. The number of sulfone groups is 1. The van der Waals surface area contributed by atoms with Gasteiger partial charge in [-0.3, -0.25) is 4.55 Å². The van der Waals surface area contributed by atoms with Crippen LogP contribution < -0.4 is 0 Å². The molecule has 1 saturated heterocycles. The lowest BCUT2D eigenvalue weighted by molar-refractivity contribution is -0.205. The third kappa shape index (κ3) is 8.01. The molecule has 26 heavy (non-hydrogen) atoms. The molecule has 5 N–H and O–H groups in total. The number of oxime groups is 1. The third-order valence-corrected chi connectivity index (χ3v) is 5.71. The summed E-state index contributed by atoms with van der Waals surface area (Å²) in [5, 5.41) is 41.6. The first-order valence-electron chi connectivity index (χ1n) is 7.22. The molecule has 0 aliphatic carbocycles. The maximum atomic E-state index is 11.2. The number of thioether (sulfide) groups is 1. The van der Waals surface area contributed by atoms with Crippen molar-refractivity contribution in [1.29, 1.82) is 0 Å². The van der Waals surface area contributed by atoms with E-state index in [1.165, 1.54) is 0 Å². The molecule has 1 heterocycles. The summed E-state index contributed by atoms with van der Waals surface area (Å²) in [4.78, 5) is 0. The molecule has 15 heteroatoms. The van der Waals surface area contributed by atoms with Crippen molar-refractivity contribution in [3.8, 4) is 0 Å². The molecule has 0 aromatic carbocycles. The minimum absolute atomic E-state index is 0.0247. The van der Waals surface area contributed by atoms with Gasteiger partial charge in [-0.15, -0.1) is 0 Å². The van der Waals surface area contributed by atoms with E-state index in [-0.39, 0.29) is 23.6 Å². The van der Waals surface area contributed by atoms with Crippen LogP contribution in [0.4, 0.5) is 0 Å². The Kier molecular flexibility index (Phi) is 8.69. The van der Waals surface area contributed by atoms with Gasteiger partial charge in [0.1, 0.15) is 44.7 Å². The van der Waals surface area contributed by atoms with E-state index in [2.05, 4.69) is 9.44 Å². The molecule has 12 nitrogen and oxygen atoms in total. The molecule has 0 spiro atoms. The first kappa shape index (κ1) is 23.5. The van der Waals surface area contributed by atoms with Gasteiger partial charge in [0.25, 0.3) is 0 Å². The Morgan fingerprint density at radius 2 is 1.77 bits per heavy atom. The van der Waals surface area contributed by atoms with Gasteiger partial charge in [-0.05, 0) is 6.42 Å². The predicted octanol–water partition coefficient (Wildman–Crippen LogP) is -2.52. The standard InChI is InChI=1S/C11H21NO11S3/c1-25(17,18)4-2-3-7(12-23-26(19,20)21)24-11-10(16)9(15)8(14)6(5-13)22-11/h6,8-11,13-16H,2-5H2,1H3,(H,19,20,21)/t6-,8-,9+,10-,11+/m1/s1. The van der Waals surface area contributed by atoms with Crippen molar-refractivity contribution in [3.63, 3.8) is 0 Å². The molecule has 1 rings (SSSR count).